The van der Waals surface area contributed by atoms with E-state index in [1.165, 1.54) is 27.8 Å². The molecule has 0 aromatic heterocycles. The number of allylic oxidation sites excluding steroid dienone is 11. The lowest BCUT2D eigenvalue weighted by atomic mass is 9.97. The van der Waals surface area contributed by atoms with Crippen LogP contribution in [0.1, 0.15) is 69.6 Å². The van der Waals surface area contributed by atoms with Crippen LogP contribution in [-0.2, 0) is 12.8 Å². The predicted molar refractivity (Wildman–Crippen MR) is 176 cm³/mol. The largest absolute Gasteiger partial charge is 0.265 e. The quantitative estimate of drug-likeness (QED) is 0.0968. The fourth-order valence-corrected chi connectivity index (χ4v) is 4.79. The maximum Gasteiger partial charge on any atom is 0.0629 e. The average molecular weight is 531 g/mol. The molecule has 0 amide bonds. The Morgan fingerprint density at radius 1 is 1.02 bits per heavy atom. The van der Waals surface area contributed by atoms with E-state index in [9.17, 15) is 0 Å². The summed E-state index contributed by atoms with van der Waals surface area (Å²) in [6.45, 7) is 15.4. The van der Waals surface area contributed by atoms with Crippen molar-refractivity contribution in [2.75, 3.05) is 6.54 Å². The minimum atomic E-state index is 0.812. The fraction of sp³-hybridized carbons (Fsp3) is 0.289. The van der Waals surface area contributed by atoms with E-state index in [1.54, 1.807) is 0 Å². The molecule has 0 atom stereocenters. The molecule has 0 unspecified atom stereocenters. The van der Waals surface area contributed by atoms with E-state index in [1.807, 2.05) is 6.08 Å². The molecular weight excluding hydrogens is 484 g/mol. The van der Waals surface area contributed by atoms with E-state index in [4.69, 9.17) is 5.10 Å². The molecule has 1 aliphatic carbocycles. The van der Waals surface area contributed by atoms with Crippen LogP contribution in [0, 0.1) is 0 Å². The summed E-state index contributed by atoms with van der Waals surface area (Å²) in [5, 5.41) is 7.64. The second kappa shape index (κ2) is 16.9. The summed E-state index contributed by atoms with van der Waals surface area (Å²) >= 11 is 0. The molecule has 0 saturated heterocycles. The van der Waals surface area contributed by atoms with Crippen molar-refractivity contribution < 1.29 is 0 Å². The number of hydrogen-bond acceptors (Lipinski definition) is 2. The molecule has 0 fully saturated rings. The molecule has 0 heterocycles. The Morgan fingerprint density at radius 2 is 1.82 bits per heavy atom. The lowest BCUT2D eigenvalue weighted by molar-refractivity contribution is 0.367. The fourth-order valence-electron chi connectivity index (χ4n) is 4.79. The Bertz CT molecular complexity index is 1300. The van der Waals surface area contributed by atoms with E-state index in [2.05, 4.69) is 136 Å². The van der Waals surface area contributed by atoms with Crippen LogP contribution in [0.3, 0.4) is 0 Å². The Balaban J connectivity index is 2.04. The summed E-state index contributed by atoms with van der Waals surface area (Å²) < 4.78 is 0. The van der Waals surface area contributed by atoms with Crippen LogP contribution in [0.5, 0.6) is 0 Å². The second-order valence-corrected chi connectivity index (χ2v) is 10.4. The highest BCUT2D eigenvalue weighted by Crippen LogP contribution is 2.29. The van der Waals surface area contributed by atoms with Crippen molar-refractivity contribution in [1.29, 1.82) is 0 Å². The van der Waals surface area contributed by atoms with Crippen LogP contribution in [0.25, 0.3) is 5.57 Å². The summed E-state index contributed by atoms with van der Waals surface area (Å²) in [6, 6.07) is 19.6. The molecule has 0 spiro atoms. The van der Waals surface area contributed by atoms with Gasteiger partial charge in [0.2, 0.25) is 0 Å². The number of nitrogens with zero attached hydrogens (tertiary/aromatic N) is 2. The van der Waals surface area contributed by atoms with E-state index < -0.39 is 0 Å². The average Bonchev–Trinajstić information content (AvgIpc) is 3.24. The van der Waals surface area contributed by atoms with Crippen LogP contribution in [0.4, 0.5) is 0 Å². The van der Waals surface area contributed by atoms with Gasteiger partial charge in [-0.15, -0.1) is 6.58 Å². The molecule has 0 bridgehead atoms. The van der Waals surface area contributed by atoms with E-state index in [-0.39, 0.29) is 0 Å². The monoisotopic (exact) mass is 530 g/mol. The molecule has 2 nitrogen and oxygen atoms in total. The van der Waals surface area contributed by atoms with E-state index >= 15 is 0 Å². The molecule has 0 radical (unpaired) electrons. The third kappa shape index (κ3) is 10.0. The summed E-state index contributed by atoms with van der Waals surface area (Å²) in [5.41, 5.74) is 9.69. The molecule has 1 aliphatic rings. The van der Waals surface area contributed by atoms with Gasteiger partial charge in [0.1, 0.15) is 0 Å². The number of hydrogen-bond donors (Lipinski definition) is 0. The molecule has 0 aliphatic heterocycles. The Labute approximate surface area is 243 Å². The third-order valence-electron chi connectivity index (χ3n) is 6.89. The highest BCUT2D eigenvalue weighted by molar-refractivity contribution is 5.89. The van der Waals surface area contributed by atoms with Gasteiger partial charge in [-0.2, -0.15) is 5.10 Å². The number of hydrazone groups is 1. The lowest BCUT2D eigenvalue weighted by Crippen LogP contribution is -2.23. The maximum absolute atomic E-state index is 5.41. The van der Waals surface area contributed by atoms with Crippen molar-refractivity contribution in [3.63, 3.8) is 0 Å². The standard InChI is InChI=1S/C38H46N2/c1-6-9-27-40(38(8-3)37(18-7-2)35-24-17-23-34(28-35)26-25-31(4)5)39-36(30-33-21-15-12-16-22-33)29-32-19-13-10-11-14-20-32/h7-8,10,12-24,28H,2,4,6,9,11,25-27,29-30H2,1,3,5H3/b37-18-,38-8+,39-36+. The molecule has 2 aromatic rings. The van der Waals surface area contributed by atoms with E-state index in [0.29, 0.717) is 0 Å². The highest BCUT2D eigenvalue weighted by Gasteiger charge is 2.17. The summed E-state index contributed by atoms with van der Waals surface area (Å²) in [5.74, 6) is 0. The number of rotatable bonds is 15. The lowest BCUT2D eigenvalue weighted by Gasteiger charge is -2.26. The predicted octanol–water partition coefficient (Wildman–Crippen LogP) is 10.2. The number of benzene rings is 2. The van der Waals surface area contributed by atoms with Crippen molar-refractivity contribution in [3.05, 3.63) is 150 Å². The molecule has 2 heteroatoms. The van der Waals surface area contributed by atoms with Crippen LogP contribution < -0.4 is 0 Å². The second-order valence-electron chi connectivity index (χ2n) is 10.4. The smallest absolute Gasteiger partial charge is 0.0629 e. The van der Waals surface area contributed by atoms with Crippen molar-refractivity contribution in [3.8, 4) is 0 Å². The van der Waals surface area contributed by atoms with Crippen LogP contribution >= 0.6 is 0 Å². The molecule has 208 valence electrons. The van der Waals surface area contributed by atoms with Crippen molar-refractivity contribution in [2.24, 2.45) is 5.10 Å². The van der Waals surface area contributed by atoms with Gasteiger partial charge in [-0.3, -0.25) is 5.01 Å². The van der Waals surface area contributed by atoms with Crippen molar-refractivity contribution >= 4 is 11.3 Å². The molecule has 3 rings (SSSR count). The van der Waals surface area contributed by atoms with Gasteiger partial charge in [0.05, 0.1) is 5.70 Å². The third-order valence-corrected chi connectivity index (χ3v) is 6.89. The van der Waals surface area contributed by atoms with Gasteiger partial charge in [0.25, 0.3) is 0 Å². The zero-order valence-corrected chi connectivity index (χ0v) is 24.8. The Kier molecular flexibility index (Phi) is 13.0. The van der Waals surface area contributed by atoms with Gasteiger partial charge in [-0.1, -0.05) is 129 Å². The zero-order valence-electron chi connectivity index (χ0n) is 24.8. The summed E-state index contributed by atoms with van der Waals surface area (Å²) in [6.07, 6.45) is 24.0. The molecule has 0 saturated carbocycles. The first-order valence-electron chi connectivity index (χ1n) is 14.7. The van der Waals surface area contributed by atoms with Crippen molar-refractivity contribution in [1.82, 2.24) is 5.01 Å². The minimum absolute atomic E-state index is 0.812. The maximum atomic E-state index is 5.41. The van der Waals surface area contributed by atoms with Crippen LogP contribution in [0.2, 0.25) is 0 Å². The molecule has 2 aromatic carbocycles. The minimum Gasteiger partial charge on any atom is -0.265 e. The first-order chi connectivity index (χ1) is 19.5. The van der Waals surface area contributed by atoms with Gasteiger partial charge < -0.3 is 0 Å². The van der Waals surface area contributed by atoms with Gasteiger partial charge in [-0.25, -0.2) is 0 Å². The summed E-state index contributed by atoms with van der Waals surface area (Å²) in [7, 11) is 0. The van der Waals surface area contributed by atoms with Crippen LogP contribution in [0.15, 0.2) is 138 Å². The van der Waals surface area contributed by atoms with Gasteiger partial charge in [0, 0.05) is 30.7 Å². The van der Waals surface area contributed by atoms with Gasteiger partial charge in [0.15, 0.2) is 0 Å². The van der Waals surface area contributed by atoms with E-state index in [0.717, 1.165) is 68.5 Å². The molecule has 0 N–H and O–H groups in total. The SMILES string of the molecule is C=C/C=C(\C(=C/C)N(CCCC)/N=C(\CC1=CC=CCC=C1)Cc1ccccc1)c1cccc(CCC(=C)C)c1. The first kappa shape index (κ1) is 30.6. The van der Waals surface area contributed by atoms with Crippen molar-refractivity contribution in [2.45, 2.75) is 65.7 Å². The Morgan fingerprint density at radius 3 is 2.55 bits per heavy atom. The Hall–Kier alpha value is -3.91. The molecule has 40 heavy (non-hydrogen) atoms. The summed E-state index contributed by atoms with van der Waals surface area (Å²) in [4.78, 5) is 0. The topological polar surface area (TPSA) is 15.6 Å². The number of aryl methyl sites for hydroxylation is 1. The normalized spacial score (nSPS) is 14.1. The number of unbranched alkanes of at least 4 members (excludes halogenated alkanes) is 1. The highest BCUT2D eigenvalue weighted by atomic mass is 15.5. The molecular formula is C38H46N2. The first-order valence-corrected chi connectivity index (χ1v) is 14.7. The zero-order chi connectivity index (χ0) is 28.6. The van der Waals surface area contributed by atoms with Gasteiger partial charge in [-0.05, 0) is 61.8 Å². The van der Waals surface area contributed by atoms with Gasteiger partial charge >= 0.3 is 0 Å². The van der Waals surface area contributed by atoms with Crippen LogP contribution in [-0.4, -0.2) is 17.3 Å².